The standard InChI is InChI=1S/C3H9N3/c1-6(2)3-5-4/h3H,4H2,1-2H3/b5-3-. The molecule has 36 valence electrons. The van der Waals surface area contributed by atoms with Crippen molar-refractivity contribution in [3.8, 4) is 0 Å². The van der Waals surface area contributed by atoms with Crippen LogP contribution in [0, 0.1) is 0 Å². The molecule has 2 N–H and O–H groups in total. The van der Waals surface area contributed by atoms with E-state index in [0.29, 0.717) is 0 Å². The van der Waals surface area contributed by atoms with Crippen molar-refractivity contribution in [2.45, 2.75) is 0 Å². The van der Waals surface area contributed by atoms with Crippen LogP contribution in [0.2, 0.25) is 0 Å². The molecule has 0 aromatic carbocycles. The van der Waals surface area contributed by atoms with Crippen LogP contribution >= 0.6 is 0 Å². The topological polar surface area (TPSA) is 41.6 Å². The summed E-state index contributed by atoms with van der Waals surface area (Å²) in [7, 11) is 3.72. The van der Waals surface area contributed by atoms with E-state index in [9.17, 15) is 0 Å². The van der Waals surface area contributed by atoms with Crippen LogP contribution in [0.4, 0.5) is 0 Å². The first-order chi connectivity index (χ1) is 2.77. The van der Waals surface area contributed by atoms with Crippen LogP contribution in [0.5, 0.6) is 0 Å². The first-order valence-electron chi connectivity index (χ1n) is 1.67. The predicted octanol–water partition coefficient (Wildman–Crippen LogP) is -0.550. The number of hydrogen-bond acceptors (Lipinski definition) is 2. The van der Waals surface area contributed by atoms with E-state index in [1.54, 1.807) is 4.90 Å². The highest BCUT2D eigenvalue weighted by atomic mass is 15.2. The number of nitrogens with two attached hydrogens (primary N) is 1. The van der Waals surface area contributed by atoms with Crippen LogP contribution < -0.4 is 5.84 Å². The van der Waals surface area contributed by atoms with Gasteiger partial charge in [0.1, 0.15) is 6.34 Å². The number of hydrogen-bond donors (Lipinski definition) is 1. The molecule has 0 aliphatic carbocycles. The molecule has 0 bridgehead atoms. The van der Waals surface area contributed by atoms with Gasteiger partial charge in [0.15, 0.2) is 0 Å². The largest absolute Gasteiger partial charge is 0.367 e. The van der Waals surface area contributed by atoms with Gasteiger partial charge < -0.3 is 10.7 Å². The molecule has 0 heterocycles. The van der Waals surface area contributed by atoms with Crippen molar-refractivity contribution in [3.63, 3.8) is 0 Å². The summed E-state index contributed by atoms with van der Waals surface area (Å²) >= 11 is 0. The fraction of sp³-hybridized carbons (Fsp3) is 0.667. The van der Waals surface area contributed by atoms with Gasteiger partial charge in [-0.25, -0.2) is 0 Å². The fourth-order valence-electron chi connectivity index (χ4n) is 0.133. The Kier molecular flexibility index (Phi) is 2.20. The van der Waals surface area contributed by atoms with Gasteiger partial charge >= 0.3 is 0 Å². The zero-order chi connectivity index (χ0) is 4.99. The summed E-state index contributed by atoms with van der Waals surface area (Å²) in [6.07, 6.45) is 1.53. The van der Waals surface area contributed by atoms with E-state index in [-0.39, 0.29) is 0 Å². The lowest BCUT2D eigenvalue weighted by atomic mass is 11.0. The second kappa shape index (κ2) is 2.50. The third kappa shape index (κ3) is 3.27. The summed E-state index contributed by atoms with van der Waals surface area (Å²) in [6.45, 7) is 0. The van der Waals surface area contributed by atoms with Crippen molar-refractivity contribution >= 4 is 6.34 Å². The summed E-state index contributed by atoms with van der Waals surface area (Å²) in [6, 6.07) is 0. The van der Waals surface area contributed by atoms with Gasteiger partial charge in [-0.05, 0) is 0 Å². The zero-order valence-electron chi connectivity index (χ0n) is 4.05. The maximum Gasteiger partial charge on any atom is 0.110 e. The van der Waals surface area contributed by atoms with Crippen molar-refractivity contribution in [2.75, 3.05) is 14.1 Å². The molecule has 0 unspecified atom stereocenters. The highest BCUT2D eigenvalue weighted by Gasteiger charge is 1.68. The second-order valence-corrected chi connectivity index (χ2v) is 1.23. The van der Waals surface area contributed by atoms with Crippen LogP contribution in [-0.2, 0) is 0 Å². The summed E-state index contributed by atoms with van der Waals surface area (Å²) in [4.78, 5) is 1.76. The Labute approximate surface area is 37.4 Å². The highest BCUT2D eigenvalue weighted by Crippen LogP contribution is 1.56. The van der Waals surface area contributed by atoms with Crippen molar-refractivity contribution < 1.29 is 0 Å². The molecule has 3 nitrogen and oxygen atoms in total. The lowest BCUT2D eigenvalue weighted by Crippen LogP contribution is -2.08. The molecule has 0 atom stereocenters. The normalized spacial score (nSPS) is 9.67. The van der Waals surface area contributed by atoms with Crippen molar-refractivity contribution in [2.24, 2.45) is 10.9 Å². The zero-order valence-corrected chi connectivity index (χ0v) is 4.05. The van der Waals surface area contributed by atoms with Crippen molar-refractivity contribution in [1.29, 1.82) is 0 Å². The predicted molar refractivity (Wildman–Crippen MR) is 26.4 cm³/mol. The Balaban J connectivity index is 3.03. The third-order valence-corrected chi connectivity index (χ3v) is 0.298. The summed E-state index contributed by atoms with van der Waals surface area (Å²) in [5.74, 6) is 4.76. The fourth-order valence-corrected chi connectivity index (χ4v) is 0.133. The van der Waals surface area contributed by atoms with Crippen LogP contribution in [0.3, 0.4) is 0 Å². The minimum absolute atomic E-state index is 1.53. The molecule has 6 heavy (non-hydrogen) atoms. The van der Waals surface area contributed by atoms with E-state index in [2.05, 4.69) is 5.10 Å². The summed E-state index contributed by atoms with van der Waals surface area (Å²) < 4.78 is 0. The molecule has 0 aromatic rings. The van der Waals surface area contributed by atoms with Crippen LogP contribution in [-0.4, -0.2) is 25.3 Å². The van der Waals surface area contributed by atoms with E-state index < -0.39 is 0 Å². The van der Waals surface area contributed by atoms with Crippen molar-refractivity contribution in [3.05, 3.63) is 0 Å². The van der Waals surface area contributed by atoms with Crippen LogP contribution in [0.15, 0.2) is 5.10 Å². The van der Waals surface area contributed by atoms with Gasteiger partial charge in [0.05, 0.1) is 0 Å². The van der Waals surface area contributed by atoms with E-state index in [1.807, 2.05) is 14.1 Å². The van der Waals surface area contributed by atoms with Crippen LogP contribution in [0.1, 0.15) is 0 Å². The molecular formula is C3H9N3. The Bertz CT molecular complexity index is 48.0. The number of rotatable bonds is 1. The quantitative estimate of drug-likeness (QED) is 0.202. The summed E-state index contributed by atoms with van der Waals surface area (Å²) in [5, 5.41) is 3.24. The molecule has 0 fully saturated rings. The Morgan fingerprint density at radius 1 is 1.67 bits per heavy atom. The molecule has 0 aliphatic heterocycles. The summed E-state index contributed by atoms with van der Waals surface area (Å²) in [5.41, 5.74) is 0. The lowest BCUT2D eigenvalue weighted by molar-refractivity contribution is 0.640. The van der Waals surface area contributed by atoms with Gasteiger partial charge in [-0.15, -0.1) is 0 Å². The van der Waals surface area contributed by atoms with Gasteiger partial charge in [0, 0.05) is 14.1 Å². The first-order valence-corrected chi connectivity index (χ1v) is 1.67. The molecule has 0 saturated heterocycles. The number of nitrogens with zero attached hydrogens (tertiary/aromatic N) is 2. The van der Waals surface area contributed by atoms with E-state index >= 15 is 0 Å². The third-order valence-electron chi connectivity index (χ3n) is 0.298. The SMILES string of the molecule is CN(C)/C=N\N. The van der Waals surface area contributed by atoms with Gasteiger partial charge in [-0.1, -0.05) is 0 Å². The molecule has 3 heteroatoms. The monoisotopic (exact) mass is 87.1 g/mol. The van der Waals surface area contributed by atoms with Gasteiger partial charge in [-0.2, -0.15) is 5.10 Å². The molecule has 0 amide bonds. The van der Waals surface area contributed by atoms with E-state index in [0.717, 1.165) is 0 Å². The molecule has 0 aliphatic rings. The van der Waals surface area contributed by atoms with E-state index in [4.69, 9.17) is 5.84 Å². The van der Waals surface area contributed by atoms with Gasteiger partial charge in [0.2, 0.25) is 0 Å². The van der Waals surface area contributed by atoms with Gasteiger partial charge in [-0.3, -0.25) is 0 Å². The molecule has 0 rings (SSSR count). The molecule has 0 aromatic heterocycles. The lowest BCUT2D eigenvalue weighted by Gasteiger charge is -1.97. The smallest absolute Gasteiger partial charge is 0.110 e. The van der Waals surface area contributed by atoms with Crippen molar-refractivity contribution in [1.82, 2.24) is 4.90 Å². The minimum atomic E-state index is 1.53. The maximum atomic E-state index is 4.76. The Morgan fingerprint density at radius 3 is 2.17 bits per heavy atom. The Hall–Kier alpha value is -0.730. The van der Waals surface area contributed by atoms with Crippen LogP contribution in [0.25, 0.3) is 0 Å². The second-order valence-electron chi connectivity index (χ2n) is 1.23. The molecule has 0 spiro atoms. The molecule has 0 saturated carbocycles. The highest BCUT2D eigenvalue weighted by molar-refractivity contribution is 5.52. The van der Waals surface area contributed by atoms with E-state index in [1.165, 1.54) is 6.34 Å². The maximum absolute atomic E-state index is 4.76. The average molecular weight is 87.1 g/mol. The Morgan fingerprint density at radius 2 is 2.17 bits per heavy atom. The average Bonchev–Trinajstić information content (AvgIpc) is 1.35. The minimum Gasteiger partial charge on any atom is -0.367 e. The number of hydrazone groups is 1. The molecular weight excluding hydrogens is 78.1 g/mol. The molecule has 0 radical (unpaired) electrons. The first kappa shape index (κ1) is 5.27. The van der Waals surface area contributed by atoms with Gasteiger partial charge in [0.25, 0.3) is 0 Å².